The highest BCUT2D eigenvalue weighted by atomic mass is 16.6. The standard InChI is InChI=1S/C31H46N2O7/c1-17(2)22(34)12-11-19(15-24(36)40-30(3,4)5)29(39)33-16-21-25(31(21,6)7)26(33)23(35)14-20(27(37)28(32)38)13-18-9-8-10-18/h18-21,25-26H,1,8-16H2,2-7H3,(H2,32,38)/t19-,20?,21+,25+,26-/m1/s1. The monoisotopic (exact) mass is 558 g/mol. The van der Waals surface area contributed by atoms with Crippen molar-refractivity contribution in [2.24, 2.45) is 40.7 Å². The lowest BCUT2D eigenvalue weighted by atomic mass is 9.76. The Labute approximate surface area is 237 Å². The molecule has 3 rings (SSSR count). The average molecular weight is 559 g/mol. The first kappa shape index (κ1) is 31.7. The predicted molar refractivity (Wildman–Crippen MR) is 149 cm³/mol. The van der Waals surface area contributed by atoms with Gasteiger partial charge in [-0.2, -0.15) is 0 Å². The highest BCUT2D eigenvalue weighted by Crippen LogP contribution is 2.65. The van der Waals surface area contributed by atoms with Gasteiger partial charge in [-0.25, -0.2) is 0 Å². The Morgan fingerprint density at radius 1 is 1.05 bits per heavy atom. The number of allylic oxidation sites excluding steroid dienone is 1. The lowest BCUT2D eigenvalue weighted by Crippen LogP contribution is -2.49. The minimum absolute atomic E-state index is 0.0515. The van der Waals surface area contributed by atoms with E-state index in [0.717, 1.165) is 19.3 Å². The zero-order valence-electron chi connectivity index (χ0n) is 24.9. The van der Waals surface area contributed by atoms with Crippen molar-refractivity contribution in [3.63, 3.8) is 0 Å². The molecule has 0 bridgehead atoms. The Morgan fingerprint density at radius 2 is 1.68 bits per heavy atom. The smallest absolute Gasteiger partial charge is 0.307 e. The lowest BCUT2D eigenvalue weighted by molar-refractivity contribution is -0.159. The number of nitrogens with two attached hydrogens (primary N) is 1. The maximum atomic E-state index is 14.0. The number of nitrogens with zero attached hydrogens (tertiary/aromatic N) is 1. The number of amides is 2. The van der Waals surface area contributed by atoms with Crippen molar-refractivity contribution in [1.29, 1.82) is 0 Å². The molecule has 9 heteroatoms. The van der Waals surface area contributed by atoms with Gasteiger partial charge in [-0.3, -0.25) is 28.8 Å². The van der Waals surface area contributed by atoms with Crippen molar-refractivity contribution < 1.29 is 33.5 Å². The molecule has 2 N–H and O–H groups in total. The van der Waals surface area contributed by atoms with Gasteiger partial charge in [0.05, 0.1) is 12.5 Å². The maximum Gasteiger partial charge on any atom is 0.307 e. The number of carbonyl (C=O) groups is 6. The van der Waals surface area contributed by atoms with Crippen molar-refractivity contribution in [1.82, 2.24) is 4.90 Å². The zero-order chi connectivity index (χ0) is 30.2. The van der Waals surface area contributed by atoms with Crippen LogP contribution in [0.1, 0.15) is 92.9 Å². The number of hydrogen-bond donors (Lipinski definition) is 1. The van der Waals surface area contributed by atoms with E-state index in [2.05, 4.69) is 20.4 Å². The van der Waals surface area contributed by atoms with Crippen LogP contribution in [0.3, 0.4) is 0 Å². The highest BCUT2D eigenvalue weighted by molar-refractivity contribution is 6.36. The first-order valence-electron chi connectivity index (χ1n) is 14.5. The van der Waals surface area contributed by atoms with Gasteiger partial charge < -0.3 is 15.4 Å². The molecule has 0 aromatic carbocycles. The predicted octanol–water partition coefficient (Wildman–Crippen LogP) is 3.56. The van der Waals surface area contributed by atoms with E-state index in [0.29, 0.717) is 18.5 Å². The molecule has 0 spiro atoms. The van der Waals surface area contributed by atoms with E-state index in [1.165, 1.54) is 0 Å². The van der Waals surface area contributed by atoms with Gasteiger partial charge in [-0.15, -0.1) is 0 Å². The number of carbonyl (C=O) groups excluding carboxylic acids is 6. The van der Waals surface area contributed by atoms with Crippen molar-refractivity contribution in [3.8, 4) is 0 Å². The summed E-state index contributed by atoms with van der Waals surface area (Å²) in [7, 11) is 0. The molecule has 1 saturated heterocycles. The SMILES string of the molecule is C=C(C)C(=O)CC[C@H](CC(=O)OC(C)(C)C)C(=O)N1C[C@H]2[C@@H]([C@H]1C(=O)CC(CC1CCC1)C(=O)C(N)=O)C2(C)C. The van der Waals surface area contributed by atoms with Crippen LogP contribution in [0.4, 0.5) is 0 Å². The zero-order valence-corrected chi connectivity index (χ0v) is 24.9. The highest BCUT2D eigenvalue weighted by Gasteiger charge is 2.69. The van der Waals surface area contributed by atoms with Crippen LogP contribution >= 0.6 is 0 Å². The summed E-state index contributed by atoms with van der Waals surface area (Å²) in [5, 5.41) is 0. The fourth-order valence-corrected chi connectivity index (χ4v) is 6.51. The molecule has 0 aromatic rings. The average Bonchev–Trinajstić information content (AvgIpc) is 3.14. The summed E-state index contributed by atoms with van der Waals surface area (Å²) in [6.07, 6.45) is 3.24. The molecule has 0 radical (unpaired) electrons. The summed E-state index contributed by atoms with van der Waals surface area (Å²) in [6, 6.07) is -0.755. The molecule has 2 amide bonds. The number of primary amides is 1. The Morgan fingerprint density at radius 3 is 2.17 bits per heavy atom. The van der Waals surface area contributed by atoms with Crippen molar-refractivity contribution in [2.45, 2.75) is 105 Å². The van der Waals surface area contributed by atoms with Crippen LogP contribution in [0.15, 0.2) is 12.2 Å². The molecule has 2 aliphatic carbocycles. The molecule has 3 fully saturated rings. The molecule has 1 unspecified atom stereocenters. The van der Waals surface area contributed by atoms with Crippen LogP contribution in [0.2, 0.25) is 0 Å². The lowest BCUT2D eigenvalue weighted by Gasteiger charge is -2.34. The second-order valence-electron chi connectivity index (χ2n) is 13.7. The van der Waals surface area contributed by atoms with Crippen LogP contribution in [0.25, 0.3) is 0 Å². The molecular weight excluding hydrogens is 512 g/mol. The molecule has 40 heavy (non-hydrogen) atoms. The van der Waals surface area contributed by atoms with Crippen LogP contribution in [0.5, 0.6) is 0 Å². The fourth-order valence-electron chi connectivity index (χ4n) is 6.51. The summed E-state index contributed by atoms with van der Waals surface area (Å²) in [4.78, 5) is 78.8. The summed E-state index contributed by atoms with van der Waals surface area (Å²) < 4.78 is 5.47. The number of ketones is 3. The molecule has 0 aromatic heterocycles. The number of hydrogen-bond acceptors (Lipinski definition) is 7. The molecular formula is C31H46N2O7. The first-order valence-corrected chi connectivity index (χ1v) is 14.5. The van der Waals surface area contributed by atoms with Crippen LogP contribution in [-0.2, 0) is 33.5 Å². The van der Waals surface area contributed by atoms with E-state index in [9.17, 15) is 28.8 Å². The van der Waals surface area contributed by atoms with E-state index in [1.807, 2.05) is 0 Å². The van der Waals surface area contributed by atoms with Crippen LogP contribution in [-0.4, -0.2) is 58.2 Å². The minimum atomic E-state index is -1.04. The minimum Gasteiger partial charge on any atom is -0.460 e. The second-order valence-corrected chi connectivity index (χ2v) is 13.7. The molecule has 1 aliphatic heterocycles. The Balaban J connectivity index is 1.83. The van der Waals surface area contributed by atoms with Gasteiger partial charge in [0.25, 0.3) is 5.91 Å². The van der Waals surface area contributed by atoms with E-state index >= 15 is 0 Å². The topological polar surface area (TPSA) is 141 Å². The molecule has 222 valence electrons. The second kappa shape index (κ2) is 12.0. The summed E-state index contributed by atoms with van der Waals surface area (Å²) in [5.74, 6) is -4.43. The van der Waals surface area contributed by atoms with E-state index in [-0.39, 0.29) is 66.3 Å². The van der Waals surface area contributed by atoms with E-state index < -0.39 is 41.1 Å². The van der Waals surface area contributed by atoms with Crippen molar-refractivity contribution >= 4 is 35.1 Å². The number of likely N-dealkylation sites (tertiary alicyclic amines) is 1. The number of esters is 1. The Hall–Kier alpha value is -2.84. The summed E-state index contributed by atoms with van der Waals surface area (Å²) >= 11 is 0. The van der Waals surface area contributed by atoms with Crippen LogP contribution in [0, 0.1) is 35.0 Å². The summed E-state index contributed by atoms with van der Waals surface area (Å²) in [6.45, 7) is 15.0. The third-order valence-corrected chi connectivity index (χ3v) is 9.10. The van der Waals surface area contributed by atoms with Crippen molar-refractivity contribution in [3.05, 3.63) is 12.2 Å². The fraction of sp³-hybridized carbons (Fsp3) is 0.742. The number of fused-ring (bicyclic) bond motifs is 1. The number of Topliss-reactive ketones (excluding diaryl/α,β-unsaturated/α-hetero) is 3. The largest absolute Gasteiger partial charge is 0.460 e. The Kier molecular flexibility index (Phi) is 9.47. The van der Waals surface area contributed by atoms with Gasteiger partial charge in [0.1, 0.15) is 5.60 Å². The third kappa shape index (κ3) is 7.26. The van der Waals surface area contributed by atoms with Crippen LogP contribution < -0.4 is 5.73 Å². The maximum absolute atomic E-state index is 14.0. The van der Waals surface area contributed by atoms with E-state index in [1.54, 1.807) is 32.6 Å². The first-order chi connectivity index (χ1) is 18.4. The quantitative estimate of drug-likeness (QED) is 0.195. The number of rotatable bonds is 14. The molecule has 9 nitrogen and oxygen atoms in total. The Bertz CT molecular complexity index is 1080. The number of ether oxygens (including phenoxy) is 1. The van der Waals surface area contributed by atoms with Crippen molar-refractivity contribution in [2.75, 3.05) is 6.54 Å². The summed E-state index contributed by atoms with van der Waals surface area (Å²) in [5.41, 5.74) is 4.81. The molecule has 3 aliphatic rings. The molecule has 1 heterocycles. The van der Waals surface area contributed by atoms with Gasteiger partial charge in [-0.05, 0) is 69.3 Å². The normalized spacial score (nSPS) is 24.8. The van der Waals surface area contributed by atoms with Gasteiger partial charge in [0, 0.05) is 31.2 Å². The van der Waals surface area contributed by atoms with E-state index in [4.69, 9.17) is 10.5 Å². The molecule has 2 saturated carbocycles. The van der Waals surface area contributed by atoms with Gasteiger partial charge in [0.15, 0.2) is 11.6 Å². The van der Waals surface area contributed by atoms with Gasteiger partial charge in [0.2, 0.25) is 11.7 Å². The third-order valence-electron chi connectivity index (χ3n) is 9.10. The molecule has 5 atom stereocenters. The van der Waals surface area contributed by atoms with Gasteiger partial charge >= 0.3 is 5.97 Å². The number of piperidine rings is 1. The van der Waals surface area contributed by atoms with Gasteiger partial charge in [-0.1, -0.05) is 39.7 Å².